The molecule has 0 amide bonds. The van der Waals surface area contributed by atoms with E-state index >= 15 is 0 Å². The molecule has 0 aromatic carbocycles. The van der Waals surface area contributed by atoms with Crippen LogP contribution in [0, 0.1) is 13.8 Å². The average Bonchev–Trinajstić information content (AvgIpc) is 3.02. The second-order valence-corrected chi connectivity index (χ2v) is 6.46. The van der Waals surface area contributed by atoms with Crippen LogP contribution in [0.25, 0.3) is 11.0 Å². The van der Waals surface area contributed by atoms with E-state index in [1.165, 1.54) is 5.56 Å². The molecule has 22 heavy (non-hydrogen) atoms. The van der Waals surface area contributed by atoms with Crippen LogP contribution in [0.5, 0.6) is 0 Å². The van der Waals surface area contributed by atoms with Crippen molar-refractivity contribution in [1.82, 2.24) is 29.9 Å². The van der Waals surface area contributed by atoms with Gasteiger partial charge >= 0.3 is 0 Å². The van der Waals surface area contributed by atoms with Crippen LogP contribution in [0.4, 0.5) is 5.82 Å². The third-order valence-corrected chi connectivity index (χ3v) is 3.78. The van der Waals surface area contributed by atoms with Crippen LogP contribution in [0.2, 0.25) is 0 Å². The van der Waals surface area contributed by atoms with Crippen molar-refractivity contribution in [2.75, 3.05) is 5.32 Å². The Balaban J connectivity index is 1.92. The smallest absolute Gasteiger partial charge is 0.163 e. The van der Waals surface area contributed by atoms with Crippen molar-refractivity contribution in [3.8, 4) is 0 Å². The predicted molar refractivity (Wildman–Crippen MR) is 85.7 cm³/mol. The van der Waals surface area contributed by atoms with Crippen LogP contribution in [0.3, 0.4) is 0 Å². The van der Waals surface area contributed by atoms with E-state index in [-0.39, 0.29) is 5.54 Å². The molecule has 0 spiro atoms. The van der Waals surface area contributed by atoms with Crippen LogP contribution >= 0.6 is 0 Å². The van der Waals surface area contributed by atoms with Crippen molar-refractivity contribution in [2.45, 2.75) is 46.7 Å². The fraction of sp³-hybridized carbons (Fsp3) is 0.467. The number of fused-ring (bicyclic) bond motifs is 1. The van der Waals surface area contributed by atoms with Crippen LogP contribution < -0.4 is 5.32 Å². The van der Waals surface area contributed by atoms with E-state index in [9.17, 15) is 0 Å². The molecule has 0 bridgehead atoms. The Labute approximate surface area is 129 Å². The lowest BCUT2D eigenvalue weighted by molar-refractivity contribution is 0.366. The molecule has 0 atom stereocenters. The number of aryl methyl sites for hydroxylation is 1. The van der Waals surface area contributed by atoms with E-state index in [1.807, 2.05) is 17.8 Å². The summed E-state index contributed by atoms with van der Waals surface area (Å²) in [4.78, 5) is 8.71. The van der Waals surface area contributed by atoms with Crippen molar-refractivity contribution in [1.29, 1.82) is 0 Å². The number of hydrogen-bond donors (Lipinski definition) is 2. The maximum absolute atomic E-state index is 4.46. The molecule has 0 radical (unpaired) electrons. The first-order valence-electron chi connectivity index (χ1n) is 7.31. The molecular weight excluding hydrogens is 278 g/mol. The van der Waals surface area contributed by atoms with Gasteiger partial charge in [-0.25, -0.2) is 14.6 Å². The van der Waals surface area contributed by atoms with Crippen molar-refractivity contribution < 1.29 is 0 Å². The lowest BCUT2D eigenvalue weighted by atomic mass is 10.1. The largest absolute Gasteiger partial charge is 0.364 e. The maximum atomic E-state index is 4.46. The Morgan fingerprint density at radius 3 is 2.64 bits per heavy atom. The molecule has 0 fully saturated rings. The van der Waals surface area contributed by atoms with Gasteiger partial charge in [-0.15, -0.1) is 0 Å². The highest BCUT2D eigenvalue weighted by Gasteiger charge is 2.19. The summed E-state index contributed by atoms with van der Waals surface area (Å²) in [6.45, 7) is 11.0. The Hall–Kier alpha value is -2.44. The quantitative estimate of drug-likeness (QED) is 0.776. The lowest BCUT2D eigenvalue weighted by Crippen LogP contribution is -2.23. The minimum atomic E-state index is -0.122. The average molecular weight is 299 g/mol. The highest BCUT2D eigenvalue weighted by Crippen LogP contribution is 2.24. The van der Waals surface area contributed by atoms with Gasteiger partial charge in [0.05, 0.1) is 29.4 Å². The first-order chi connectivity index (χ1) is 10.4. The zero-order valence-corrected chi connectivity index (χ0v) is 13.6. The van der Waals surface area contributed by atoms with E-state index in [0.717, 1.165) is 28.2 Å². The SMILES string of the molecule is Cc1[nH]nc(CNc2ncnc3c2cnn3C(C)(C)C)c1C. The lowest BCUT2D eigenvalue weighted by Gasteiger charge is -2.19. The molecule has 7 heteroatoms. The molecule has 0 aliphatic carbocycles. The van der Waals surface area contributed by atoms with E-state index in [1.54, 1.807) is 6.33 Å². The van der Waals surface area contributed by atoms with E-state index in [4.69, 9.17) is 0 Å². The van der Waals surface area contributed by atoms with E-state index in [2.05, 4.69) is 58.3 Å². The topological polar surface area (TPSA) is 84.3 Å². The molecule has 0 aliphatic heterocycles. The molecule has 3 heterocycles. The van der Waals surface area contributed by atoms with Crippen LogP contribution in [-0.4, -0.2) is 29.9 Å². The summed E-state index contributed by atoms with van der Waals surface area (Å²) in [5.41, 5.74) is 3.96. The van der Waals surface area contributed by atoms with Gasteiger partial charge in [-0.05, 0) is 40.2 Å². The Bertz CT molecular complexity index is 807. The second-order valence-electron chi connectivity index (χ2n) is 6.46. The maximum Gasteiger partial charge on any atom is 0.163 e. The minimum Gasteiger partial charge on any atom is -0.364 e. The third kappa shape index (κ3) is 2.43. The Kier molecular flexibility index (Phi) is 3.35. The van der Waals surface area contributed by atoms with Crippen molar-refractivity contribution in [2.24, 2.45) is 0 Å². The summed E-state index contributed by atoms with van der Waals surface area (Å²) < 4.78 is 1.92. The number of hydrogen-bond acceptors (Lipinski definition) is 5. The third-order valence-electron chi connectivity index (χ3n) is 3.78. The first-order valence-corrected chi connectivity index (χ1v) is 7.31. The summed E-state index contributed by atoms with van der Waals surface area (Å²) in [6.07, 6.45) is 3.38. The van der Waals surface area contributed by atoms with Gasteiger partial charge in [-0.1, -0.05) is 0 Å². The Morgan fingerprint density at radius 1 is 1.23 bits per heavy atom. The Morgan fingerprint density at radius 2 is 2.00 bits per heavy atom. The van der Waals surface area contributed by atoms with Crippen molar-refractivity contribution in [3.63, 3.8) is 0 Å². The minimum absolute atomic E-state index is 0.122. The summed E-state index contributed by atoms with van der Waals surface area (Å²) >= 11 is 0. The van der Waals surface area contributed by atoms with Crippen molar-refractivity contribution >= 4 is 16.9 Å². The van der Waals surface area contributed by atoms with Gasteiger partial charge in [0.1, 0.15) is 12.1 Å². The zero-order valence-electron chi connectivity index (χ0n) is 13.6. The number of nitrogens with one attached hydrogen (secondary N) is 2. The number of H-pyrrole nitrogens is 1. The van der Waals surface area contributed by atoms with Crippen molar-refractivity contribution in [3.05, 3.63) is 29.5 Å². The standard InChI is InChI=1S/C15H21N7/c1-9-10(2)20-21-12(9)7-16-13-11-6-19-22(15(3,4)5)14(11)18-8-17-13/h6,8H,7H2,1-5H3,(H,20,21)(H,16,17,18). The summed E-state index contributed by atoms with van der Waals surface area (Å²) in [7, 11) is 0. The number of aromatic amines is 1. The molecule has 2 N–H and O–H groups in total. The molecule has 7 nitrogen and oxygen atoms in total. The molecule has 116 valence electrons. The summed E-state index contributed by atoms with van der Waals surface area (Å²) in [6, 6.07) is 0. The summed E-state index contributed by atoms with van der Waals surface area (Å²) in [5.74, 6) is 0.778. The van der Waals surface area contributed by atoms with Crippen LogP contribution in [0.15, 0.2) is 12.5 Å². The van der Waals surface area contributed by atoms with Gasteiger partial charge in [0.25, 0.3) is 0 Å². The molecular formula is C15H21N7. The van der Waals surface area contributed by atoms with E-state index in [0.29, 0.717) is 6.54 Å². The fourth-order valence-corrected chi connectivity index (χ4v) is 2.35. The molecule has 3 aromatic rings. The summed E-state index contributed by atoms with van der Waals surface area (Å²) in [5, 5.41) is 16.0. The first kappa shape index (κ1) is 14.5. The molecule has 0 unspecified atom stereocenters. The number of rotatable bonds is 3. The molecule has 0 saturated heterocycles. The number of aromatic nitrogens is 6. The predicted octanol–water partition coefficient (Wildman–Crippen LogP) is 2.53. The highest BCUT2D eigenvalue weighted by atomic mass is 15.3. The number of nitrogens with zero attached hydrogens (tertiary/aromatic N) is 5. The van der Waals surface area contributed by atoms with Gasteiger partial charge in [-0.2, -0.15) is 10.2 Å². The van der Waals surface area contributed by atoms with E-state index < -0.39 is 0 Å². The number of anilines is 1. The molecule has 0 aliphatic rings. The van der Waals surface area contributed by atoms with Crippen LogP contribution in [0.1, 0.15) is 37.7 Å². The zero-order chi connectivity index (χ0) is 15.9. The fourth-order valence-electron chi connectivity index (χ4n) is 2.35. The highest BCUT2D eigenvalue weighted by molar-refractivity contribution is 5.86. The molecule has 0 saturated carbocycles. The monoisotopic (exact) mass is 299 g/mol. The van der Waals surface area contributed by atoms with Gasteiger partial charge in [0, 0.05) is 5.69 Å². The second kappa shape index (κ2) is 5.08. The normalized spacial score (nSPS) is 12.0. The molecule has 3 aromatic heterocycles. The van der Waals surface area contributed by atoms with Gasteiger partial charge in [-0.3, -0.25) is 5.10 Å². The van der Waals surface area contributed by atoms with Crippen LogP contribution in [-0.2, 0) is 12.1 Å². The van der Waals surface area contributed by atoms with Gasteiger partial charge < -0.3 is 5.32 Å². The molecule has 3 rings (SSSR count). The van der Waals surface area contributed by atoms with Gasteiger partial charge in [0.15, 0.2) is 5.65 Å². The van der Waals surface area contributed by atoms with Gasteiger partial charge in [0.2, 0.25) is 0 Å².